The molecule has 0 unspecified atom stereocenters. The molecule has 0 N–H and O–H groups in total. The van der Waals surface area contributed by atoms with E-state index >= 15 is 0 Å². The van der Waals surface area contributed by atoms with Crippen LogP contribution >= 0.6 is 0 Å². The van der Waals surface area contributed by atoms with Crippen molar-refractivity contribution in [2.24, 2.45) is 4.99 Å². The van der Waals surface area contributed by atoms with Crippen molar-refractivity contribution in [1.82, 2.24) is 0 Å². The minimum atomic E-state index is -0.0558. The normalized spacial score (nSPS) is 24.7. The van der Waals surface area contributed by atoms with Gasteiger partial charge in [-0.1, -0.05) is 43.2 Å². The smallest absolute Gasteiger partial charge is 0.194 e. The Kier molecular flexibility index (Phi) is 2.69. The zero-order valence-electron chi connectivity index (χ0n) is 11.3. The second-order valence-corrected chi connectivity index (χ2v) is 6.17. The molecule has 3 rings (SSSR count). The van der Waals surface area contributed by atoms with Crippen LogP contribution in [0.15, 0.2) is 35.3 Å². The highest BCUT2D eigenvalue weighted by Gasteiger charge is 2.45. The largest absolute Gasteiger partial charge is 0.478 e. The van der Waals surface area contributed by atoms with E-state index in [0.717, 1.165) is 12.5 Å². The van der Waals surface area contributed by atoms with E-state index in [1.165, 1.54) is 31.2 Å². The summed E-state index contributed by atoms with van der Waals surface area (Å²) in [5.41, 5.74) is 1.37. The lowest BCUT2D eigenvalue weighted by molar-refractivity contribution is 0.258. The summed E-state index contributed by atoms with van der Waals surface area (Å²) in [4.78, 5) is 4.85. The fourth-order valence-electron chi connectivity index (χ4n) is 3.19. The molecule has 1 saturated carbocycles. The van der Waals surface area contributed by atoms with Crippen LogP contribution in [0, 0.1) is 0 Å². The molecule has 1 aliphatic carbocycles. The highest BCUT2D eigenvalue weighted by Crippen LogP contribution is 2.44. The van der Waals surface area contributed by atoms with Gasteiger partial charge in [0.15, 0.2) is 5.90 Å². The van der Waals surface area contributed by atoms with Gasteiger partial charge in [-0.15, -0.1) is 0 Å². The first-order valence-corrected chi connectivity index (χ1v) is 6.91. The monoisotopic (exact) mass is 243 g/mol. The summed E-state index contributed by atoms with van der Waals surface area (Å²) in [7, 11) is 0. The number of ether oxygens (including phenoxy) is 1. The molecule has 0 bridgehead atoms. The third-order valence-electron chi connectivity index (χ3n) is 4.16. The van der Waals surface area contributed by atoms with Crippen LogP contribution in [0.5, 0.6) is 0 Å². The van der Waals surface area contributed by atoms with Crippen LogP contribution in [-0.4, -0.2) is 18.0 Å². The summed E-state index contributed by atoms with van der Waals surface area (Å²) in [6.07, 6.45) is 4.90. The van der Waals surface area contributed by atoms with Gasteiger partial charge in [0, 0.05) is 0 Å². The van der Waals surface area contributed by atoms with Crippen molar-refractivity contribution >= 4 is 5.90 Å². The molecule has 0 saturated heterocycles. The number of hydrogen-bond acceptors (Lipinski definition) is 2. The second-order valence-electron chi connectivity index (χ2n) is 6.17. The van der Waals surface area contributed by atoms with Crippen LogP contribution in [0.25, 0.3) is 0 Å². The molecule has 1 heterocycles. The summed E-state index contributed by atoms with van der Waals surface area (Å²) in [6.45, 7) is 5.01. The van der Waals surface area contributed by atoms with Crippen molar-refractivity contribution in [1.29, 1.82) is 0 Å². The lowest BCUT2D eigenvalue weighted by Crippen LogP contribution is -2.33. The fraction of sp³-hybridized carbons (Fsp3) is 0.562. The zero-order chi connectivity index (χ0) is 12.6. The molecule has 1 fully saturated rings. The Labute approximate surface area is 109 Å². The minimum absolute atomic E-state index is 0.0506. The van der Waals surface area contributed by atoms with Crippen LogP contribution in [0.2, 0.25) is 0 Å². The molecule has 96 valence electrons. The van der Waals surface area contributed by atoms with Gasteiger partial charge < -0.3 is 4.74 Å². The highest BCUT2D eigenvalue weighted by molar-refractivity contribution is 5.90. The molecular formula is C16H21NO. The van der Waals surface area contributed by atoms with Gasteiger partial charge in [0.25, 0.3) is 0 Å². The minimum Gasteiger partial charge on any atom is -0.478 e. The number of benzene rings is 1. The lowest BCUT2D eigenvalue weighted by Gasteiger charge is -2.28. The molecule has 18 heavy (non-hydrogen) atoms. The van der Waals surface area contributed by atoms with Crippen LogP contribution in [0.3, 0.4) is 0 Å². The molecule has 1 aliphatic heterocycles. The Morgan fingerprint density at radius 3 is 2.28 bits per heavy atom. The average Bonchev–Trinajstić information content (AvgIpc) is 2.97. The van der Waals surface area contributed by atoms with E-state index in [9.17, 15) is 0 Å². The molecule has 2 nitrogen and oxygen atoms in total. The SMILES string of the molecule is CC1(C)COC(C2(c3ccccc3)CCCC2)=N1. The van der Waals surface area contributed by atoms with Crippen LogP contribution in [-0.2, 0) is 10.2 Å². The molecule has 0 atom stereocenters. The fourth-order valence-corrected chi connectivity index (χ4v) is 3.19. The molecule has 2 heteroatoms. The van der Waals surface area contributed by atoms with Crippen molar-refractivity contribution in [3.8, 4) is 0 Å². The highest BCUT2D eigenvalue weighted by atomic mass is 16.5. The van der Waals surface area contributed by atoms with Gasteiger partial charge in [-0.3, -0.25) is 0 Å². The van der Waals surface area contributed by atoms with Gasteiger partial charge in [0.05, 0.1) is 11.0 Å². The van der Waals surface area contributed by atoms with Crippen molar-refractivity contribution < 1.29 is 4.74 Å². The van der Waals surface area contributed by atoms with Crippen LogP contribution in [0.4, 0.5) is 0 Å². The molecule has 1 aromatic rings. The first-order chi connectivity index (χ1) is 8.62. The average molecular weight is 243 g/mol. The van der Waals surface area contributed by atoms with Gasteiger partial charge in [0.1, 0.15) is 6.61 Å². The Balaban J connectivity index is 2.03. The maximum Gasteiger partial charge on any atom is 0.194 e. The standard InChI is InChI=1S/C16H21NO/c1-15(2)12-18-14(17-15)16(10-6-7-11-16)13-8-4-3-5-9-13/h3-5,8-9H,6-7,10-12H2,1-2H3. The predicted molar refractivity (Wildman–Crippen MR) is 74.1 cm³/mol. The molecule has 0 amide bonds. The topological polar surface area (TPSA) is 21.6 Å². The van der Waals surface area contributed by atoms with E-state index < -0.39 is 0 Å². The summed E-state index contributed by atoms with van der Waals surface area (Å²) in [6, 6.07) is 10.8. The molecule has 0 aromatic heterocycles. The van der Waals surface area contributed by atoms with Crippen molar-refractivity contribution in [3.05, 3.63) is 35.9 Å². The van der Waals surface area contributed by atoms with E-state index in [0.29, 0.717) is 0 Å². The van der Waals surface area contributed by atoms with Gasteiger partial charge in [0.2, 0.25) is 0 Å². The molecule has 2 aliphatic rings. The van der Waals surface area contributed by atoms with Crippen LogP contribution in [0.1, 0.15) is 45.1 Å². The number of rotatable bonds is 2. The van der Waals surface area contributed by atoms with E-state index in [1.54, 1.807) is 0 Å². The van der Waals surface area contributed by atoms with Gasteiger partial charge in [-0.2, -0.15) is 0 Å². The molecule has 0 spiro atoms. The van der Waals surface area contributed by atoms with Crippen LogP contribution < -0.4 is 0 Å². The Morgan fingerprint density at radius 2 is 1.72 bits per heavy atom. The van der Waals surface area contributed by atoms with Crippen molar-refractivity contribution in [2.75, 3.05) is 6.61 Å². The van der Waals surface area contributed by atoms with E-state index in [1.807, 2.05) is 0 Å². The maximum atomic E-state index is 5.96. The molecule has 0 radical (unpaired) electrons. The summed E-state index contributed by atoms with van der Waals surface area (Å²) in [5, 5.41) is 0. The first kappa shape index (κ1) is 11.8. The maximum absolute atomic E-state index is 5.96. The predicted octanol–water partition coefficient (Wildman–Crippen LogP) is 3.71. The summed E-state index contributed by atoms with van der Waals surface area (Å²) in [5.74, 6) is 0.983. The Morgan fingerprint density at radius 1 is 1.06 bits per heavy atom. The number of aliphatic imine (C=N–C) groups is 1. The summed E-state index contributed by atoms with van der Waals surface area (Å²) < 4.78 is 5.96. The quantitative estimate of drug-likeness (QED) is 0.776. The van der Waals surface area contributed by atoms with E-state index in [-0.39, 0.29) is 11.0 Å². The molecular weight excluding hydrogens is 222 g/mol. The first-order valence-electron chi connectivity index (χ1n) is 6.91. The Hall–Kier alpha value is -1.31. The second kappa shape index (κ2) is 4.11. The van der Waals surface area contributed by atoms with Crippen molar-refractivity contribution in [3.63, 3.8) is 0 Å². The Bertz CT molecular complexity index is 455. The van der Waals surface area contributed by atoms with Gasteiger partial charge in [-0.25, -0.2) is 4.99 Å². The number of hydrogen-bond donors (Lipinski definition) is 0. The third kappa shape index (κ3) is 1.84. The van der Waals surface area contributed by atoms with E-state index in [4.69, 9.17) is 9.73 Å². The lowest BCUT2D eigenvalue weighted by atomic mass is 9.78. The van der Waals surface area contributed by atoms with E-state index in [2.05, 4.69) is 44.2 Å². The van der Waals surface area contributed by atoms with Gasteiger partial charge in [-0.05, 0) is 32.3 Å². The molecule has 1 aromatic carbocycles. The zero-order valence-corrected chi connectivity index (χ0v) is 11.3. The van der Waals surface area contributed by atoms with Crippen molar-refractivity contribution in [2.45, 2.75) is 50.5 Å². The van der Waals surface area contributed by atoms with Gasteiger partial charge >= 0.3 is 0 Å². The third-order valence-corrected chi connectivity index (χ3v) is 4.16. The number of nitrogens with zero attached hydrogens (tertiary/aromatic N) is 1. The summed E-state index contributed by atoms with van der Waals surface area (Å²) >= 11 is 0.